The fourth-order valence-electron chi connectivity index (χ4n) is 4.24. The van der Waals surface area contributed by atoms with Gasteiger partial charge in [0.2, 0.25) is 5.95 Å². The third-order valence-corrected chi connectivity index (χ3v) is 5.81. The molecule has 0 radical (unpaired) electrons. The van der Waals surface area contributed by atoms with Crippen molar-refractivity contribution >= 4 is 5.95 Å². The fourth-order valence-corrected chi connectivity index (χ4v) is 4.24. The lowest BCUT2D eigenvalue weighted by Gasteiger charge is -2.39. The molecular weight excluding hydrogens is 382 g/mol. The minimum atomic E-state index is 0.249. The summed E-state index contributed by atoms with van der Waals surface area (Å²) in [6, 6.07) is 31.9. The Morgan fingerprint density at radius 3 is 1.77 bits per heavy atom. The van der Waals surface area contributed by atoms with Gasteiger partial charge < -0.3 is 4.90 Å². The molecule has 5 rings (SSSR count). The molecule has 0 atom stereocenters. The monoisotopic (exact) mass is 407 g/mol. The summed E-state index contributed by atoms with van der Waals surface area (Å²) in [6.45, 7) is 3.62. The first kappa shape index (κ1) is 19.4. The first-order chi connectivity index (χ1) is 15.4. The van der Waals surface area contributed by atoms with Gasteiger partial charge in [0.05, 0.1) is 17.9 Å². The molecule has 0 bridgehead atoms. The van der Waals surface area contributed by atoms with Gasteiger partial charge in [-0.25, -0.2) is 4.98 Å². The number of rotatable bonds is 5. The number of hydrogen-bond acceptors (Lipinski definition) is 5. The molecule has 0 amide bonds. The lowest BCUT2D eigenvalue weighted by Crippen LogP contribution is -2.48. The summed E-state index contributed by atoms with van der Waals surface area (Å²) < 4.78 is 0. The highest BCUT2D eigenvalue weighted by molar-refractivity contribution is 5.58. The molecular formula is C26H25N5. The number of benzene rings is 3. The van der Waals surface area contributed by atoms with E-state index in [4.69, 9.17) is 4.98 Å². The van der Waals surface area contributed by atoms with E-state index in [1.807, 2.05) is 18.2 Å². The van der Waals surface area contributed by atoms with Gasteiger partial charge in [-0.1, -0.05) is 91.0 Å². The largest absolute Gasteiger partial charge is 0.337 e. The lowest BCUT2D eigenvalue weighted by atomic mass is 9.96. The third kappa shape index (κ3) is 4.32. The zero-order chi connectivity index (χ0) is 20.9. The quantitative estimate of drug-likeness (QED) is 0.489. The van der Waals surface area contributed by atoms with Gasteiger partial charge in [-0.15, -0.1) is 5.10 Å². The Bertz CT molecular complexity index is 1050. The fraction of sp³-hybridized carbons (Fsp3) is 0.192. The molecule has 1 aromatic heterocycles. The molecule has 0 aliphatic carbocycles. The number of aromatic nitrogens is 3. The summed E-state index contributed by atoms with van der Waals surface area (Å²) in [5, 5.41) is 8.54. The van der Waals surface area contributed by atoms with Crippen molar-refractivity contribution in [2.24, 2.45) is 0 Å². The summed E-state index contributed by atoms with van der Waals surface area (Å²) in [7, 11) is 0. The molecule has 0 saturated carbocycles. The molecule has 3 aromatic carbocycles. The highest BCUT2D eigenvalue weighted by Crippen LogP contribution is 2.30. The summed E-state index contributed by atoms with van der Waals surface area (Å²) >= 11 is 0. The van der Waals surface area contributed by atoms with Gasteiger partial charge >= 0.3 is 0 Å². The minimum Gasteiger partial charge on any atom is -0.337 e. The standard InChI is InChI=1S/C26H25N5/c1-4-10-21(11-5-1)24-20-27-29-26(28-24)31-18-16-30(17-19-31)25(22-12-6-2-7-13-22)23-14-8-3-9-15-23/h1-15,20,25H,16-19H2. The lowest BCUT2D eigenvalue weighted by molar-refractivity contribution is 0.211. The topological polar surface area (TPSA) is 45.2 Å². The smallest absolute Gasteiger partial charge is 0.245 e. The second-order valence-electron chi connectivity index (χ2n) is 7.75. The Morgan fingerprint density at radius 1 is 0.645 bits per heavy atom. The summed E-state index contributed by atoms with van der Waals surface area (Å²) in [6.07, 6.45) is 1.73. The Morgan fingerprint density at radius 2 is 1.19 bits per heavy atom. The molecule has 1 fully saturated rings. The highest BCUT2D eigenvalue weighted by Gasteiger charge is 2.27. The van der Waals surface area contributed by atoms with Crippen LogP contribution in [0.1, 0.15) is 17.2 Å². The van der Waals surface area contributed by atoms with Crippen molar-refractivity contribution in [2.75, 3.05) is 31.1 Å². The van der Waals surface area contributed by atoms with E-state index in [-0.39, 0.29) is 6.04 Å². The second-order valence-corrected chi connectivity index (χ2v) is 7.75. The molecule has 5 heteroatoms. The van der Waals surface area contributed by atoms with Crippen molar-refractivity contribution in [2.45, 2.75) is 6.04 Å². The summed E-state index contributed by atoms with van der Waals surface area (Å²) in [4.78, 5) is 9.58. The summed E-state index contributed by atoms with van der Waals surface area (Å²) in [5.41, 5.74) is 4.57. The van der Waals surface area contributed by atoms with Crippen LogP contribution >= 0.6 is 0 Å². The van der Waals surface area contributed by atoms with Crippen molar-refractivity contribution in [1.29, 1.82) is 0 Å². The van der Waals surface area contributed by atoms with Gasteiger partial charge in [0.1, 0.15) is 0 Å². The van der Waals surface area contributed by atoms with Gasteiger partial charge in [0.15, 0.2) is 0 Å². The van der Waals surface area contributed by atoms with Crippen molar-refractivity contribution in [3.05, 3.63) is 108 Å². The van der Waals surface area contributed by atoms with E-state index in [2.05, 4.69) is 92.8 Å². The van der Waals surface area contributed by atoms with Crippen LogP contribution in [0.2, 0.25) is 0 Å². The van der Waals surface area contributed by atoms with Crippen LogP contribution in [0, 0.1) is 0 Å². The van der Waals surface area contributed by atoms with E-state index in [0.29, 0.717) is 5.95 Å². The van der Waals surface area contributed by atoms with Crippen LogP contribution in [0.3, 0.4) is 0 Å². The number of piperazine rings is 1. The predicted octanol–water partition coefficient (Wildman–Crippen LogP) is 4.45. The van der Waals surface area contributed by atoms with Gasteiger partial charge in [-0.3, -0.25) is 4.90 Å². The van der Waals surface area contributed by atoms with Gasteiger partial charge in [-0.2, -0.15) is 5.10 Å². The third-order valence-electron chi connectivity index (χ3n) is 5.81. The van der Waals surface area contributed by atoms with E-state index in [1.54, 1.807) is 6.20 Å². The van der Waals surface area contributed by atoms with Crippen LogP contribution < -0.4 is 4.90 Å². The summed E-state index contributed by atoms with van der Waals surface area (Å²) in [5.74, 6) is 0.706. The first-order valence-electron chi connectivity index (χ1n) is 10.7. The number of anilines is 1. The van der Waals surface area contributed by atoms with Crippen molar-refractivity contribution in [3.63, 3.8) is 0 Å². The van der Waals surface area contributed by atoms with Gasteiger partial charge in [0, 0.05) is 31.7 Å². The molecule has 2 heterocycles. The zero-order valence-electron chi connectivity index (χ0n) is 17.4. The first-order valence-corrected chi connectivity index (χ1v) is 10.7. The van der Waals surface area contributed by atoms with Crippen molar-refractivity contribution in [1.82, 2.24) is 20.1 Å². The van der Waals surface area contributed by atoms with Crippen LogP contribution in [0.25, 0.3) is 11.3 Å². The molecule has 1 aliphatic rings. The van der Waals surface area contributed by atoms with E-state index < -0.39 is 0 Å². The molecule has 4 aromatic rings. The van der Waals surface area contributed by atoms with Crippen LogP contribution in [0.15, 0.2) is 97.2 Å². The highest BCUT2D eigenvalue weighted by atomic mass is 15.4. The maximum absolute atomic E-state index is 4.79. The number of hydrogen-bond donors (Lipinski definition) is 0. The maximum Gasteiger partial charge on any atom is 0.245 e. The minimum absolute atomic E-state index is 0.249. The van der Waals surface area contributed by atoms with E-state index >= 15 is 0 Å². The molecule has 1 saturated heterocycles. The predicted molar refractivity (Wildman–Crippen MR) is 124 cm³/mol. The Balaban J connectivity index is 1.35. The molecule has 1 aliphatic heterocycles. The van der Waals surface area contributed by atoms with Crippen molar-refractivity contribution < 1.29 is 0 Å². The van der Waals surface area contributed by atoms with Crippen LogP contribution in [-0.2, 0) is 0 Å². The maximum atomic E-state index is 4.79. The van der Waals surface area contributed by atoms with E-state index in [1.165, 1.54) is 11.1 Å². The Kier molecular flexibility index (Phi) is 5.67. The van der Waals surface area contributed by atoms with Crippen molar-refractivity contribution in [3.8, 4) is 11.3 Å². The van der Waals surface area contributed by atoms with Gasteiger partial charge in [0.25, 0.3) is 0 Å². The Hall–Kier alpha value is -3.57. The van der Waals surface area contributed by atoms with Crippen LogP contribution in [0.5, 0.6) is 0 Å². The number of nitrogens with zero attached hydrogens (tertiary/aromatic N) is 5. The molecule has 0 spiro atoms. The van der Waals surface area contributed by atoms with Crippen LogP contribution in [-0.4, -0.2) is 46.3 Å². The average Bonchev–Trinajstić information content (AvgIpc) is 2.87. The Labute approximate surface area is 183 Å². The van der Waals surface area contributed by atoms with Crippen LogP contribution in [0.4, 0.5) is 5.95 Å². The van der Waals surface area contributed by atoms with E-state index in [0.717, 1.165) is 37.4 Å². The molecule has 154 valence electrons. The second kappa shape index (κ2) is 9.06. The SMILES string of the molecule is c1ccc(-c2cnnc(N3CCN(C(c4ccccc4)c4ccccc4)CC3)n2)cc1. The van der Waals surface area contributed by atoms with Gasteiger partial charge in [-0.05, 0) is 11.1 Å². The molecule has 5 nitrogen and oxygen atoms in total. The zero-order valence-corrected chi connectivity index (χ0v) is 17.4. The normalized spacial score (nSPS) is 14.7. The molecule has 31 heavy (non-hydrogen) atoms. The average molecular weight is 408 g/mol. The molecule has 0 unspecified atom stereocenters. The van der Waals surface area contributed by atoms with E-state index in [9.17, 15) is 0 Å². The molecule has 0 N–H and O–H groups in total.